The lowest BCUT2D eigenvalue weighted by Crippen LogP contribution is -3.13. The van der Waals surface area contributed by atoms with E-state index >= 15 is 0 Å². The van der Waals surface area contributed by atoms with Crippen molar-refractivity contribution < 1.29 is 14.5 Å². The molecule has 1 fully saturated rings. The molecule has 4 rings (SSSR count). The molecule has 5 nitrogen and oxygen atoms in total. The highest BCUT2D eigenvalue weighted by Crippen LogP contribution is 2.18. The topological polar surface area (TPSA) is 53.9 Å². The second-order valence-electron chi connectivity index (χ2n) is 8.39. The molecule has 2 N–H and O–H groups in total. The first-order valence-corrected chi connectivity index (χ1v) is 11.0. The van der Waals surface area contributed by atoms with Crippen molar-refractivity contribution in [2.24, 2.45) is 0 Å². The molecule has 0 unspecified atom stereocenters. The Labute approximate surface area is 183 Å². The largest absolute Gasteiger partial charge is 0.347 e. The second kappa shape index (κ2) is 9.75. The number of rotatable bonds is 6. The van der Waals surface area contributed by atoms with E-state index in [0.29, 0.717) is 0 Å². The van der Waals surface area contributed by atoms with Gasteiger partial charge < -0.3 is 15.1 Å². The molecule has 0 spiro atoms. The van der Waals surface area contributed by atoms with Crippen LogP contribution in [0.15, 0.2) is 66.7 Å². The maximum atomic E-state index is 12.6. The van der Waals surface area contributed by atoms with E-state index < -0.39 is 0 Å². The third kappa shape index (κ3) is 5.50. The summed E-state index contributed by atoms with van der Waals surface area (Å²) in [6.07, 6.45) is 0.281. The molecule has 0 aromatic heterocycles. The summed E-state index contributed by atoms with van der Waals surface area (Å²) >= 11 is 0. The van der Waals surface area contributed by atoms with Gasteiger partial charge in [-0.15, -0.1) is 0 Å². The number of nitrogens with zero attached hydrogens (tertiary/aromatic N) is 1. The van der Waals surface area contributed by atoms with Crippen molar-refractivity contribution in [1.29, 1.82) is 0 Å². The number of aryl methyl sites for hydroxylation is 1. The van der Waals surface area contributed by atoms with Crippen LogP contribution in [0.3, 0.4) is 0 Å². The van der Waals surface area contributed by atoms with Gasteiger partial charge in [-0.1, -0.05) is 72.3 Å². The molecule has 5 heteroatoms. The fourth-order valence-electron chi connectivity index (χ4n) is 4.33. The zero-order valence-electron chi connectivity index (χ0n) is 18.1. The zero-order valence-corrected chi connectivity index (χ0v) is 18.1. The van der Waals surface area contributed by atoms with Crippen LogP contribution in [0, 0.1) is 6.92 Å². The molecule has 0 radical (unpaired) electrons. The monoisotopic (exact) mass is 416 g/mol. The van der Waals surface area contributed by atoms with Gasteiger partial charge in [-0.25, -0.2) is 0 Å². The standard InChI is InChI=1S/C26H29N3O2/c1-20-6-4-7-21(16-20)19-28-12-14-29(15-13-28)26(31)18-27-25(30)17-23-10-5-9-22-8-2-3-11-24(22)23/h2-11,16H,12-15,17-19H2,1H3,(H,27,30)/p+1. The summed E-state index contributed by atoms with van der Waals surface area (Å²) in [7, 11) is 0. The highest BCUT2D eigenvalue weighted by molar-refractivity contribution is 5.91. The Morgan fingerprint density at radius 2 is 1.71 bits per heavy atom. The Morgan fingerprint density at radius 1 is 0.968 bits per heavy atom. The van der Waals surface area contributed by atoms with Crippen molar-refractivity contribution in [1.82, 2.24) is 10.2 Å². The molecular weight excluding hydrogens is 386 g/mol. The van der Waals surface area contributed by atoms with Gasteiger partial charge in [0.1, 0.15) is 6.54 Å². The van der Waals surface area contributed by atoms with Crippen molar-refractivity contribution >= 4 is 22.6 Å². The van der Waals surface area contributed by atoms with Crippen molar-refractivity contribution in [3.8, 4) is 0 Å². The Kier molecular flexibility index (Phi) is 6.63. The lowest BCUT2D eigenvalue weighted by Gasteiger charge is -2.32. The first kappa shape index (κ1) is 21.1. The summed E-state index contributed by atoms with van der Waals surface area (Å²) in [5, 5.41) is 5.02. The molecule has 3 aromatic carbocycles. The highest BCUT2D eigenvalue weighted by Gasteiger charge is 2.24. The van der Waals surface area contributed by atoms with Gasteiger partial charge in [0.05, 0.1) is 39.1 Å². The molecule has 2 amide bonds. The average Bonchev–Trinajstić information content (AvgIpc) is 2.78. The van der Waals surface area contributed by atoms with Crippen LogP contribution in [-0.2, 0) is 22.6 Å². The molecule has 0 atom stereocenters. The van der Waals surface area contributed by atoms with Gasteiger partial charge in [-0.2, -0.15) is 0 Å². The number of nitrogens with one attached hydrogen (secondary N) is 2. The zero-order chi connectivity index (χ0) is 21.6. The van der Waals surface area contributed by atoms with Crippen molar-refractivity contribution in [2.75, 3.05) is 32.7 Å². The van der Waals surface area contributed by atoms with E-state index in [1.54, 1.807) is 0 Å². The SMILES string of the molecule is Cc1cccc(C[NH+]2CCN(C(=O)CNC(=O)Cc3cccc4ccccc34)CC2)c1. The van der Waals surface area contributed by atoms with Gasteiger partial charge in [0.25, 0.3) is 0 Å². The van der Waals surface area contributed by atoms with Crippen LogP contribution in [0.25, 0.3) is 10.8 Å². The normalized spacial score (nSPS) is 14.5. The average molecular weight is 417 g/mol. The van der Waals surface area contributed by atoms with Crippen LogP contribution in [-0.4, -0.2) is 49.4 Å². The van der Waals surface area contributed by atoms with Crippen molar-refractivity contribution in [2.45, 2.75) is 19.9 Å². The number of piperazine rings is 1. The van der Waals surface area contributed by atoms with E-state index in [2.05, 4.69) is 36.5 Å². The molecule has 31 heavy (non-hydrogen) atoms. The smallest absolute Gasteiger partial charge is 0.242 e. The van der Waals surface area contributed by atoms with Crippen LogP contribution >= 0.6 is 0 Å². The van der Waals surface area contributed by atoms with Gasteiger partial charge in [-0.3, -0.25) is 9.59 Å². The van der Waals surface area contributed by atoms with Gasteiger partial charge in [-0.05, 0) is 23.3 Å². The molecule has 1 aliphatic heterocycles. The highest BCUT2D eigenvalue weighted by atomic mass is 16.2. The van der Waals surface area contributed by atoms with Gasteiger partial charge in [0.2, 0.25) is 11.8 Å². The summed E-state index contributed by atoms with van der Waals surface area (Å²) in [4.78, 5) is 28.4. The number of carbonyl (C=O) groups is 2. The molecule has 1 heterocycles. The minimum Gasteiger partial charge on any atom is -0.347 e. The van der Waals surface area contributed by atoms with E-state index in [0.717, 1.165) is 49.1 Å². The van der Waals surface area contributed by atoms with E-state index in [1.807, 2.05) is 47.4 Å². The number of benzene rings is 3. The minimum absolute atomic E-state index is 0.000810. The molecule has 160 valence electrons. The van der Waals surface area contributed by atoms with E-state index in [9.17, 15) is 9.59 Å². The Balaban J connectivity index is 1.23. The summed E-state index contributed by atoms with van der Waals surface area (Å²) < 4.78 is 0. The van der Waals surface area contributed by atoms with E-state index in [4.69, 9.17) is 0 Å². The van der Waals surface area contributed by atoms with Gasteiger partial charge in [0, 0.05) is 5.56 Å². The third-order valence-corrected chi connectivity index (χ3v) is 6.03. The van der Waals surface area contributed by atoms with Gasteiger partial charge in [0.15, 0.2) is 0 Å². The summed E-state index contributed by atoms with van der Waals surface area (Å²) in [5.41, 5.74) is 3.61. The van der Waals surface area contributed by atoms with Crippen LogP contribution < -0.4 is 10.2 Å². The Bertz CT molecular complexity index is 1070. The van der Waals surface area contributed by atoms with Crippen molar-refractivity contribution in [3.05, 3.63) is 83.4 Å². The summed E-state index contributed by atoms with van der Waals surface area (Å²) in [5.74, 6) is -0.116. The van der Waals surface area contributed by atoms with Gasteiger partial charge >= 0.3 is 0 Å². The van der Waals surface area contributed by atoms with Crippen LogP contribution in [0.1, 0.15) is 16.7 Å². The van der Waals surface area contributed by atoms with Crippen LogP contribution in [0.2, 0.25) is 0 Å². The third-order valence-electron chi connectivity index (χ3n) is 6.03. The molecule has 0 bridgehead atoms. The maximum absolute atomic E-state index is 12.6. The van der Waals surface area contributed by atoms with E-state index in [1.165, 1.54) is 16.0 Å². The minimum atomic E-state index is -0.117. The lowest BCUT2D eigenvalue weighted by molar-refractivity contribution is -0.917. The molecule has 3 aromatic rings. The molecule has 0 aliphatic carbocycles. The fraction of sp³-hybridized carbons (Fsp3) is 0.308. The summed E-state index contributed by atoms with van der Waals surface area (Å²) in [6.45, 7) is 6.51. The maximum Gasteiger partial charge on any atom is 0.242 e. The van der Waals surface area contributed by atoms with E-state index in [-0.39, 0.29) is 24.8 Å². The molecule has 0 saturated carbocycles. The molecule has 1 saturated heterocycles. The number of quaternary nitrogens is 1. The number of amides is 2. The van der Waals surface area contributed by atoms with Crippen LogP contribution in [0.4, 0.5) is 0 Å². The second-order valence-corrected chi connectivity index (χ2v) is 8.39. The number of fused-ring (bicyclic) bond motifs is 1. The number of carbonyl (C=O) groups excluding carboxylic acids is 2. The fourth-order valence-corrected chi connectivity index (χ4v) is 4.33. The number of hydrogen-bond donors (Lipinski definition) is 2. The first-order valence-electron chi connectivity index (χ1n) is 11.0. The van der Waals surface area contributed by atoms with Crippen molar-refractivity contribution in [3.63, 3.8) is 0 Å². The Hall–Kier alpha value is -3.18. The quantitative estimate of drug-likeness (QED) is 0.643. The predicted octanol–water partition coefficient (Wildman–Crippen LogP) is 1.73. The Morgan fingerprint density at radius 3 is 2.52 bits per heavy atom. The van der Waals surface area contributed by atoms with Crippen LogP contribution in [0.5, 0.6) is 0 Å². The summed E-state index contributed by atoms with van der Waals surface area (Å²) in [6, 6.07) is 22.6. The molecule has 1 aliphatic rings. The number of hydrogen-bond acceptors (Lipinski definition) is 2. The predicted molar refractivity (Wildman–Crippen MR) is 123 cm³/mol. The molecular formula is C26H30N3O2+. The lowest BCUT2D eigenvalue weighted by atomic mass is 10.0. The first-order chi connectivity index (χ1) is 15.1.